The number of carbonyl (C=O) groups is 1. The van der Waals surface area contributed by atoms with Crippen LogP contribution in [-0.4, -0.2) is 24.0 Å². The van der Waals surface area contributed by atoms with Gasteiger partial charge in [-0.2, -0.15) is 0 Å². The van der Waals surface area contributed by atoms with Gasteiger partial charge in [-0.15, -0.1) is 0 Å². The molecule has 1 saturated carbocycles. The summed E-state index contributed by atoms with van der Waals surface area (Å²) in [5.41, 5.74) is 3.57. The van der Waals surface area contributed by atoms with E-state index in [0.29, 0.717) is 18.5 Å². The number of nitrogens with one attached hydrogen (secondary N) is 1. The lowest BCUT2D eigenvalue weighted by molar-refractivity contribution is -0.119. The molecule has 24 heavy (non-hydrogen) atoms. The van der Waals surface area contributed by atoms with Crippen LogP contribution in [0.5, 0.6) is 0 Å². The van der Waals surface area contributed by atoms with E-state index in [-0.39, 0.29) is 11.4 Å². The molecule has 0 aromatic heterocycles. The first-order chi connectivity index (χ1) is 11.4. The molecule has 3 nitrogen and oxygen atoms in total. The first-order valence-electron chi connectivity index (χ1n) is 9.55. The first kappa shape index (κ1) is 17.5. The van der Waals surface area contributed by atoms with Crippen molar-refractivity contribution in [2.45, 2.75) is 83.7 Å². The van der Waals surface area contributed by atoms with Gasteiger partial charge >= 0.3 is 0 Å². The van der Waals surface area contributed by atoms with E-state index in [1.165, 1.54) is 43.2 Å². The minimum absolute atomic E-state index is 0.132. The monoisotopic (exact) mass is 328 g/mol. The smallest absolute Gasteiger partial charge is 0.241 e. The molecule has 0 saturated heterocycles. The van der Waals surface area contributed by atoms with Gasteiger partial charge in [-0.25, -0.2) is 0 Å². The Balaban J connectivity index is 1.79. The minimum atomic E-state index is -0.132. The van der Waals surface area contributed by atoms with Gasteiger partial charge in [0.25, 0.3) is 0 Å². The molecule has 0 unspecified atom stereocenters. The van der Waals surface area contributed by atoms with Crippen LogP contribution >= 0.6 is 0 Å². The minimum Gasteiger partial charge on any atom is -0.306 e. The van der Waals surface area contributed by atoms with Crippen molar-refractivity contribution in [3.8, 4) is 0 Å². The van der Waals surface area contributed by atoms with E-state index in [1.54, 1.807) is 0 Å². The van der Waals surface area contributed by atoms with Gasteiger partial charge in [0, 0.05) is 17.3 Å². The van der Waals surface area contributed by atoms with Crippen molar-refractivity contribution in [2.75, 3.05) is 11.4 Å². The highest BCUT2D eigenvalue weighted by atomic mass is 16.2. The summed E-state index contributed by atoms with van der Waals surface area (Å²) in [6, 6.07) is 7.04. The van der Waals surface area contributed by atoms with Gasteiger partial charge in [-0.3, -0.25) is 4.79 Å². The molecule has 2 aliphatic rings. The van der Waals surface area contributed by atoms with E-state index in [9.17, 15) is 4.79 Å². The topological polar surface area (TPSA) is 32.3 Å². The van der Waals surface area contributed by atoms with Gasteiger partial charge < -0.3 is 10.2 Å². The van der Waals surface area contributed by atoms with Crippen LogP contribution in [0.25, 0.3) is 0 Å². The number of aryl methyl sites for hydroxylation is 1. The normalized spacial score (nSPS) is 23.8. The molecule has 1 aliphatic carbocycles. The largest absolute Gasteiger partial charge is 0.306 e. The summed E-state index contributed by atoms with van der Waals surface area (Å²) in [7, 11) is 0. The lowest BCUT2D eigenvalue weighted by Gasteiger charge is -2.46. The van der Waals surface area contributed by atoms with E-state index < -0.39 is 0 Å². The Hall–Kier alpha value is -1.35. The van der Waals surface area contributed by atoms with Crippen LogP contribution in [0.4, 0.5) is 5.69 Å². The molecule has 1 atom stereocenters. The van der Waals surface area contributed by atoms with Gasteiger partial charge in [0.1, 0.15) is 0 Å². The Morgan fingerprint density at radius 2 is 1.96 bits per heavy atom. The number of carbonyl (C=O) groups excluding carboxylic acids is 1. The van der Waals surface area contributed by atoms with Crippen molar-refractivity contribution in [1.29, 1.82) is 0 Å². The standard InChI is InChI=1S/C21H32N2O/c1-15-10-11-19-18(12-15)16(2)13-21(3,4)23(19)20(24)14-22-17-8-6-5-7-9-17/h10-12,16-17,22H,5-9,13-14H2,1-4H3/t16-/m1/s1. The summed E-state index contributed by atoms with van der Waals surface area (Å²) in [6.45, 7) is 9.26. The third-order valence-electron chi connectivity index (χ3n) is 5.76. The number of fused-ring (bicyclic) bond motifs is 1. The van der Waals surface area contributed by atoms with Crippen molar-refractivity contribution in [1.82, 2.24) is 5.32 Å². The highest BCUT2D eigenvalue weighted by molar-refractivity contribution is 5.97. The first-order valence-corrected chi connectivity index (χ1v) is 9.55. The molecule has 0 radical (unpaired) electrons. The maximum atomic E-state index is 13.1. The molecule has 1 heterocycles. The molecule has 0 spiro atoms. The van der Waals surface area contributed by atoms with Crippen LogP contribution in [0, 0.1) is 6.92 Å². The number of benzene rings is 1. The number of nitrogens with zero attached hydrogens (tertiary/aromatic N) is 1. The number of hydrogen-bond acceptors (Lipinski definition) is 2. The van der Waals surface area contributed by atoms with Gasteiger partial charge in [0.05, 0.1) is 6.54 Å². The molecule has 0 bridgehead atoms. The Morgan fingerprint density at radius 3 is 2.67 bits per heavy atom. The molecular weight excluding hydrogens is 296 g/mol. The van der Waals surface area contributed by atoms with Crippen LogP contribution in [0.1, 0.15) is 76.3 Å². The highest BCUT2D eigenvalue weighted by Gasteiger charge is 2.39. The quantitative estimate of drug-likeness (QED) is 0.883. The summed E-state index contributed by atoms with van der Waals surface area (Å²) >= 11 is 0. The second kappa shape index (κ2) is 6.87. The van der Waals surface area contributed by atoms with Gasteiger partial charge in [0.15, 0.2) is 0 Å². The van der Waals surface area contributed by atoms with E-state index in [4.69, 9.17) is 0 Å². The molecule has 1 aliphatic heterocycles. The summed E-state index contributed by atoms with van der Waals surface area (Å²) in [5.74, 6) is 0.702. The predicted octanol–water partition coefficient (Wildman–Crippen LogP) is 4.54. The highest BCUT2D eigenvalue weighted by Crippen LogP contribution is 2.43. The Labute approximate surface area is 146 Å². The van der Waals surface area contributed by atoms with Crippen molar-refractivity contribution in [2.24, 2.45) is 0 Å². The van der Waals surface area contributed by atoms with E-state index in [2.05, 4.69) is 56.1 Å². The van der Waals surface area contributed by atoms with Crippen molar-refractivity contribution in [3.05, 3.63) is 29.3 Å². The predicted molar refractivity (Wildman–Crippen MR) is 101 cm³/mol. The third-order valence-corrected chi connectivity index (χ3v) is 5.76. The number of amides is 1. The second-order valence-electron chi connectivity index (χ2n) is 8.42. The number of anilines is 1. The lowest BCUT2D eigenvalue weighted by Crippen LogP contribution is -2.54. The van der Waals surface area contributed by atoms with Crippen LogP contribution in [0.2, 0.25) is 0 Å². The van der Waals surface area contributed by atoms with Crippen molar-refractivity contribution >= 4 is 11.6 Å². The Kier molecular flexibility index (Phi) is 5.00. The van der Waals surface area contributed by atoms with Gasteiger partial charge in [-0.05, 0) is 57.6 Å². The molecule has 1 fully saturated rings. The molecule has 3 rings (SSSR count). The second-order valence-corrected chi connectivity index (χ2v) is 8.42. The van der Waals surface area contributed by atoms with Crippen molar-refractivity contribution in [3.63, 3.8) is 0 Å². The zero-order valence-electron chi connectivity index (χ0n) is 15.7. The summed E-state index contributed by atoms with van der Waals surface area (Å²) in [4.78, 5) is 15.1. The Bertz CT molecular complexity index is 602. The average molecular weight is 329 g/mol. The third kappa shape index (κ3) is 3.51. The van der Waals surface area contributed by atoms with Gasteiger partial charge in [-0.1, -0.05) is 43.9 Å². The zero-order chi connectivity index (χ0) is 17.3. The number of rotatable bonds is 3. The summed E-state index contributed by atoms with van der Waals surface area (Å²) in [5, 5.41) is 3.52. The molecule has 1 aromatic rings. The van der Waals surface area contributed by atoms with Crippen molar-refractivity contribution < 1.29 is 4.79 Å². The summed E-state index contributed by atoms with van der Waals surface area (Å²) < 4.78 is 0. The fourth-order valence-electron chi connectivity index (χ4n) is 4.64. The van der Waals surface area contributed by atoms with Crippen LogP contribution < -0.4 is 10.2 Å². The fraction of sp³-hybridized carbons (Fsp3) is 0.667. The van der Waals surface area contributed by atoms with E-state index >= 15 is 0 Å². The average Bonchev–Trinajstić information content (AvgIpc) is 2.54. The van der Waals surface area contributed by atoms with Crippen LogP contribution in [0.15, 0.2) is 18.2 Å². The van der Waals surface area contributed by atoms with E-state index in [1.807, 2.05) is 0 Å². The molecular formula is C21H32N2O. The molecule has 1 N–H and O–H groups in total. The molecule has 1 aromatic carbocycles. The maximum absolute atomic E-state index is 13.1. The SMILES string of the molecule is Cc1ccc2c(c1)[C@H](C)CC(C)(C)N2C(=O)CNC1CCCCC1. The molecule has 1 amide bonds. The van der Waals surface area contributed by atoms with Crippen LogP contribution in [-0.2, 0) is 4.79 Å². The number of hydrogen-bond donors (Lipinski definition) is 1. The molecule has 3 heteroatoms. The lowest BCUT2D eigenvalue weighted by atomic mass is 9.79. The van der Waals surface area contributed by atoms with E-state index in [0.717, 1.165) is 12.1 Å². The van der Waals surface area contributed by atoms with Crippen LogP contribution in [0.3, 0.4) is 0 Å². The van der Waals surface area contributed by atoms with Gasteiger partial charge in [0.2, 0.25) is 5.91 Å². The molecule has 132 valence electrons. The Morgan fingerprint density at radius 1 is 1.25 bits per heavy atom. The summed E-state index contributed by atoms with van der Waals surface area (Å²) in [6.07, 6.45) is 7.36. The zero-order valence-corrected chi connectivity index (χ0v) is 15.7. The fourth-order valence-corrected chi connectivity index (χ4v) is 4.64. The maximum Gasteiger partial charge on any atom is 0.241 e.